The Labute approximate surface area is 153 Å². The van der Waals surface area contributed by atoms with Crippen LogP contribution in [0.1, 0.15) is 12.5 Å². The Bertz CT molecular complexity index is 652. The first-order chi connectivity index (χ1) is 11.8. The molecule has 1 amide bonds. The summed E-state index contributed by atoms with van der Waals surface area (Å²) in [6.07, 6.45) is 0.935. The van der Waals surface area contributed by atoms with E-state index in [0.29, 0.717) is 13.1 Å². The van der Waals surface area contributed by atoms with Crippen LogP contribution in [0.4, 0.5) is 0 Å². The largest absolute Gasteiger partial charge is 0.383 e. The third kappa shape index (κ3) is 7.82. The van der Waals surface area contributed by atoms with Crippen molar-refractivity contribution in [1.29, 1.82) is 5.41 Å². The zero-order valence-electron chi connectivity index (χ0n) is 14.6. The maximum Gasteiger partial charge on any atom is 0.273 e. The molecule has 1 rings (SSSR count). The standard InChI is InChI=1S/C17H25ClN6O/c1-12(18)15(20)23-16(21)14(19)17(25)22-9-11-24(2)10-8-13-6-4-3-5-7-13/h3-7,19H,8-11,20H2,1-2H3,(H2,21,23)(H,22,25)/b15-12+,19-14?. The molecule has 0 saturated carbocycles. The molecule has 0 aliphatic rings. The van der Waals surface area contributed by atoms with Crippen LogP contribution in [0.3, 0.4) is 0 Å². The van der Waals surface area contributed by atoms with Gasteiger partial charge < -0.3 is 21.7 Å². The number of benzene rings is 1. The summed E-state index contributed by atoms with van der Waals surface area (Å²) >= 11 is 5.66. The Morgan fingerprint density at radius 2 is 1.92 bits per heavy atom. The van der Waals surface area contributed by atoms with E-state index < -0.39 is 11.6 Å². The molecule has 0 aliphatic heterocycles. The molecule has 0 saturated heterocycles. The number of nitrogens with two attached hydrogens (primary N) is 2. The highest BCUT2D eigenvalue weighted by molar-refractivity contribution is 6.65. The van der Waals surface area contributed by atoms with Crippen LogP contribution in [0.25, 0.3) is 0 Å². The second-order valence-electron chi connectivity index (χ2n) is 5.59. The van der Waals surface area contributed by atoms with E-state index in [4.69, 9.17) is 28.5 Å². The number of amides is 1. The third-order valence-corrected chi connectivity index (χ3v) is 3.67. The van der Waals surface area contributed by atoms with Crippen molar-refractivity contribution in [2.45, 2.75) is 13.3 Å². The van der Waals surface area contributed by atoms with E-state index in [0.717, 1.165) is 13.0 Å². The Morgan fingerprint density at radius 1 is 1.28 bits per heavy atom. The Kier molecular flexibility index (Phi) is 8.66. The molecule has 0 atom stereocenters. The molecule has 0 unspecified atom stereocenters. The fraction of sp³-hybridized carbons (Fsp3) is 0.353. The van der Waals surface area contributed by atoms with Crippen LogP contribution in [0.2, 0.25) is 0 Å². The van der Waals surface area contributed by atoms with Crippen molar-refractivity contribution in [3.05, 3.63) is 46.7 Å². The second-order valence-corrected chi connectivity index (χ2v) is 6.15. The molecule has 136 valence electrons. The number of likely N-dealkylation sites (N-methyl/N-ethyl adjacent to an activating group) is 1. The van der Waals surface area contributed by atoms with Crippen LogP contribution >= 0.6 is 11.6 Å². The van der Waals surface area contributed by atoms with E-state index in [1.54, 1.807) is 6.92 Å². The fourth-order valence-corrected chi connectivity index (χ4v) is 1.95. The number of halogens is 1. The maximum atomic E-state index is 11.9. The van der Waals surface area contributed by atoms with E-state index in [1.165, 1.54) is 5.56 Å². The summed E-state index contributed by atoms with van der Waals surface area (Å²) in [4.78, 5) is 17.7. The van der Waals surface area contributed by atoms with Crippen LogP contribution in [0.5, 0.6) is 0 Å². The van der Waals surface area contributed by atoms with Gasteiger partial charge in [-0.25, -0.2) is 4.99 Å². The normalized spacial score (nSPS) is 12.7. The number of aliphatic imine (C=N–C) groups is 1. The van der Waals surface area contributed by atoms with Crippen molar-refractivity contribution in [1.82, 2.24) is 10.2 Å². The number of nitrogens with zero attached hydrogens (tertiary/aromatic N) is 2. The zero-order chi connectivity index (χ0) is 18.8. The lowest BCUT2D eigenvalue weighted by atomic mass is 10.1. The van der Waals surface area contributed by atoms with Crippen LogP contribution < -0.4 is 16.8 Å². The van der Waals surface area contributed by atoms with E-state index >= 15 is 0 Å². The van der Waals surface area contributed by atoms with E-state index in [2.05, 4.69) is 27.3 Å². The fourth-order valence-electron chi connectivity index (χ4n) is 1.90. The Hall–Kier alpha value is -2.38. The molecule has 0 bridgehead atoms. The lowest BCUT2D eigenvalue weighted by Gasteiger charge is -2.17. The molecule has 8 heteroatoms. The average molecular weight is 365 g/mol. The topological polar surface area (TPSA) is 121 Å². The molecular weight excluding hydrogens is 340 g/mol. The minimum atomic E-state index is -0.599. The van der Waals surface area contributed by atoms with Crippen molar-refractivity contribution >= 4 is 29.1 Å². The summed E-state index contributed by atoms with van der Waals surface area (Å²) in [5.41, 5.74) is 11.9. The number of allylic oxidation sites excluding steroid dienone is 1. The molecule has 1 aromatic carbocycles. The lowest BCUT2D eigenvalue weighted by Crippen LogP contribution is -2.42. The Balaban J connectivity index is 2.36. The van der Waals surface area contributed by atoms with Gasteiger partial charge in [-0.2, -0.15) is 0 Å². The molecule has 1 aromatic rings. The van der Waals surface area contributed by atoms with Crippen molar-refractivity contribution < 1.29 is 4.79 Å². The van der Waals surface area contributed by atoms with Gasteiger partial charge in [0, 0.05) is 19.6 Å². The first-order valence-electron chi connectivity index (χ1n) is 7.87. The molecule has 6 N–H and O–H groups in total. The summed E-state index contributed by atoms with van der Waals surface area (Å²) in [5.74, 6) is -0.887. The van der Waals surface area contributed by atoms with Crippen LogP contribution in [0.15, 0.2) is 46.2 Å². The minimum absolute atomic E-state index is 0.0163. The number of carbonyl (C=O) groups excluding carboxylic acids is 1. The van der Waals surface area contributed by atoms with Crippen LogP contribution in [-0.2, 0) is 11.2 Å². The molecule has 0 spiro atoms. The number of carbonyl (C=O) groups is 1. The predicted octanol–water partition coefficient (Wildman–Crippen LogP) is 1.04. The van der Waals surface area contributed by atoms with E-state index in [-0.39, 0.29) is 16.7 Å². The summed E-state index contributed by atoms with van der Waals surface area (Å²) in [7, 11) is 1.98. The first kappa shape index (κ1) is 20.7. The predicted molar refractivity (Wildman–Crippen MR) is 103 cm³/mol. The van der Waals surface area contributed by atoms with Gasteiger partial charge in [-0.1, -0.05) is 41.9 Å². The number of hydrogen-bond acceptors (Lipinski definition) is 5. The highest BCUT2D eigenvalue weighted by Crippen LogP contribution is 2.03. The Morgan fingerprint density at radius 3 is 2.52 bits per heavy atom. The monoisotopic (exact) mass is 364 g/mol. The number of rotatable bonds is 9. The van der Waals surface area contributed by atoms with Crippen molar-refractivity contribution in [3.63, 3.8) is 0 Å². The molecule has 25 heavy (non-hydrogen) atoms. The van der Waals surface area contributed by atoms with Crippen molar-refractivity contribution in [3.8, 4) is 0 Å². The second kappa shape index (κ2) is 10.5. The van der Waals surface area contributed by atoms with Gasteiger partial charge in [0.1, 0.15) is 5.82 Å². The van der Waals surface area contributed by atoms with Crippen molar-refractivity contribution in [2.24, 2.45) is 16.5 Å². The van der Waals surface area contributed by atoms with Gasteiger partial charge in [-0.05, 0) is 26.0 Å². The summed E-state index contributed by atoms with van der Waals surface area (Å²) < 4.78 is 0. The van der Waals surface area contributed by atoms with Crippen molar-refractivity contribution in [2.75, 3.05) is 26.7 Å². The first-order valence-corrected chi connectivity index (χ1v) is 8.24. The zero-order valence-corrected chi connectivity index (χ0v) is 15.3. The third-order valence-electron chi connectivity index (χ3n) is 3.48. The lowest BCUT2D eigenvalue weighted by molar-refractivity contribution is -0.114. The van der Waals surface area contributed by atoms with Crippen LogP contribution in [0, 0.1) is 5.41 Å². The van der Waals surface area contributed by atoms with Gasteiger partial charge in [0.2, 0.25) is 0 Å². The molecular formula is C17H25ClN6O. The number of amidine groups is 1. The number of nitrogens with one attached hydrogen (secondary N) is 2. The van der Waals surface area contributed by atoms with Gasteiger partial charge in [-0.3, -0.25) is 10.2 Å². The van der Waals surface area contributed by atoms with E-state index in [9.17, 15) is 4.79 Å². The molecule has 7 nitrogen and oxygen atoms in total. The quantitative estimate of drug-likeness (QED) is 0.386. The SMILES string of the molecule is C/C(Cl)=C(N)\N=C(\N)C(=N)C(=O)NCCN(C)CCc1ccccc1. The molecule has 0 radical (unpaired) electrons. The summed E-state index contributed by atoms with van der Waals surface area (Å²) in [5, 5.41) is 10.6. The molecule has 0 heterocycles. The molecule has 0 aliphatic carbocycles. The van der Waals surface area contributed by atoms with Gasteiger partial charge in [0.25, 0.3) is 5.91 Å². The highest BCUT2D eigenvalue weighted by atomic mass is 35.5. The highest BCUT2D eigenvalue weighted by Gasteiger charge is 2.13. The van der Waals surface area contributed by atoms with Gasteiger partial charge in [-0.15, -0.1) is 0 Å². The number of hydrogen-bond donors (Lipinski definition) is 4. The van der Waals surface area contributed by atoms with Gasteiger partial charge in [0.05, 0.1) is 5.03 Å². The maximum absolute atomic E-state index is 11.9. The summed E-state index contributed by atoms with van der Waals surface area (Å²) in [6.45, 7) is 3.48. The molecule has 0 fully saturated rings. The molecule has 0 aromatic heterocycles. The summed E-state index contributed by atoms with van der Waals surface area (Å²) in [6, 6.07) is 10.2. The minimum Gasteiger partial charge on any atom is -0.383 e. The van der Waals surface area contributed by atoms with E-state index in [1.807, 2.05) is 25.2 Å². The smallest absolute Gasteiger partial charge is 0.273 e. The average Bonchev–Trinajstić information content (AvgIpc) is 2.59. The van der Waals surface area contributed by atoms with Gasteiger partial charge in [0.15, 0.2) is 11.5 Å². The van der Waals surface area contributed by atoms with Crippen LogP contribution in [-0.4, -0.2) is 49.0 Å². The van der Waals surface area contributed by atoms with Gasteiger partial charge >= 0.3 is 0 Å².